The van der Waals surface area contributed by atoms with Crippen LogP contribution < -0.4 is 5.32 Å². The topological polar surface area (TPSA) is 30.9 Å². The maximum absolute atomic E-state index is 4.44. The highest BCUT2D eigenvalue weighted by Gasteiger charge is 2.24. The maximum atomic E-state index is 4.44. The number of nitrogens with zero attached hydrogens (tertiary/aromatic N) is 3. The van der Waals surface area contributed by atoms with E-state index in [4.69, 9.17) is 0 Å². The van der Waals surface area contributed by atoms with Gasteiger partial charge in [0.15, 0.2) is 5.96 Å². The third-order valence-corrected chi connectivity index (χ3v) is 5.33. The molecule has 1 fully saturated rings. The van der Waals surface area contributed by atoms with Crippen LogP contribution in [0.25, 0.3) is 0 Å². The number of nitrogens with one attached hydrogen (secondary N) is 1. The van der Waals surface area contributed by atoms with Gasteiger partial charge in [0.1, 0.15) is 0 Å². The molecule has 2 unspecified atom stereocenters. The van der Waals surface area contributed by atoms with E-state index in [1.165, 1.54) is 5.75 Å². The lowest BCUT2D eigenvalue weighted by Crippen LogP contribution is -2.51. The van der Waals surface area contributed by atoms with Gasteiger partial charge in [0.05, 0.1) is 0 Å². The molecule has 5 heteroatoms. The van der Waals surface area contributed by atoms with Crippen molar-refractivity contribution in [2.45, 2.75) is 32.1 Å². The highest BCUT2D eigenvalue weighted by molar-refractivity contribution is 8.00. The van der Waals surface area contributed by atoms with Gasteiger partial charge in [0.25, 0.3) is 0 Å². The quantitative estimate of drug-likeness (QED) is 0.628. The van der Waals surface area contributed by atoms with E-state index in [0.29, 0.717) is 6.04 Å². The molecule has 1 aliphatic heterocycles. The van der Waals surface area contributed by atoms with Gasteiger partial charge in [-0.05, 0) is 26.9 Å². The van der Waals surface area contributed by atoms with Crippen molar-refractivity contribution in [3.8, 4) is 0 Å². The van der Waals surface area contributed by atoms with Crippen molar-refractivity contribution in [3.63, 3.8) is 0 Å². The third kappa shape index (κ3) is 5.22. The molecule has 0 bridgehead atoms. The predicted molar refractivity (Wildman–Crippen MR) is 87.2 cm³/mol. The van der Waals surface area contributed by atoms with Crippen molar-refractivity contribution >= 4 is 17.7 Å². The third-order valence-electron chi connectivity index (χ3n) is 3.79. The van der Waals surface area contributed by atoms with Crippen LogP contribution in [0.15, 0.2) is 4.99 Å². The molecule has 1 aliphatic rings. The van der Waals surface area contributed by atoms with Crippen LogP contribution in [0.3, 0.4) is 0 Å². The summed E-state index contributed by atoms with van der Waals surface area (Å²) in [4.78, 5) is 9.07. The highest BCUT2D eigenvalue weighted by atomic mass is 32.2. The maximum Gasteiger partial charge on any atom is 0.193 e. The number of rotatable bonds is 4. The van der Waals surface area contributed by atoms with E-state index in [-0.39, 0.29) is 0 Å². The fraction of sp³-hybridized carbons (Fsp3) is 0.929. The summed E-state index contributed by atoms with van der Waals surface area (Å²) >= 11 is 2.10. The van der Waals surface area contributed by atoms with Gasteiger partial charge in [-0.15, -0.1) is 0 Å². The summed E-state index contributed by atoms with van der Waals surface area (Å²) in [6.07, 6.45) is 0. The molecule has 1 rings (SSSR count). The van der Waals surface area contributed by atoms with Crippen molar-refractivity contribution < 1.29 is 0 Å². The summed E-state index contributed by atoms with van der Waals surface area (Å²) in [6, 6.07) is 0.511. The summed E-state index contributed by atoms with van der Waals surface area (Å²) in [5, 5.41) is 4.23. The molecule has 112 valence electrons. The van der Waals surface area contributed by atoms with E-state index in [1.807, 2.05) is 7.05 Å². The molecule has 0 amide bonds. The number of guanidine groups is 1. The van der Waals surface area contributed by atoms with E-state index in [2.05, 4.69) is 66.7 Å². The lowest BCUT2D eigenvalue weighted by molar-refractivity contribution is 0.306. The molecule has 0 aliphatic carbocycles. The normalized spacial score (nSPS) is 23.1. The van der Waals surface area contributed by atoms with E-state index >= 15 is 0 Å². The molecular weight excluding hydrogens is 256 g/mol. The second kappa shape index (κ2) is 8.00. The van der Waals surface area contributed by atoms with Crippen molar-refractivity contribution in [3.05, 3.63) is 0 Å². The first-order chi connectivity index (χ1) is 8.95. The monoisotopic (exact) mass is 286 g/mol. The molecule has 0 aromatic heterocycles. The van der Waals surface area contributed by atoms with Gasteiger partial charge < -0.3 is 15.1 Å². The molecule has 1 heterocycles. The molecule has 0 spiro atoms. The van der Waals surface area contributed by atoms with Crippen molar-refractivity contribution in [1.29, 1.82) is 0 Å². The lowest BCUT2D eigenvalue weighted by atomic mass is 10.1. The Labute approximate surface area is 123 Å². The first kappa shape index (κ1) is 16.6. The Morgan fingerprint density at radius 1 is 1.42 bits per heavy atom. The largest absolute Gasteiger partial charge is 0.355 e. The van der Waals surface area contributed by atoms with E-state index in [0.717, 1.165) is 36.8 Å². The van der Waals surface area contributed by atoms with Crippen molar-refractivity contribution in [2.24, 2.45) is 10.9 Å². The van der Waals surface area contributed by atoms with Gasteiger partial charge in [-0.25, -0.2) is 0 Å². The fourth-order valence-electron chi connectivity index (χ4n) is 2.02. The number of thioether (sulfide) groups is 1. The SMILES string of the molecule is CN=C(NCC(C)N(C)C)N1CCSC(C(C)C)C1. The van der Waals surface area contributed by atoms with Crippen LogP contribution >= 0.6 is 11.8 Å². The molecule has 1 N–H and O–H groups in total. The Hall–Kier alpha value is -0.420. The summed E-state index contributed by atoms with van der Waals surface area (Å²) in [6.45, 7) is 10.00. The van der Waals surface area contributed by atoms with Crippen LogP contribution in [0, 0.1) is 5.92 Å². The zero-order valence-electron chi connectivity index (χ0n) is 13.3. The summed E-state index contributed by atoms with van der Waals surface area (Å²) < 4.78 is 0. The number of hydrogen-bond acceptors (Lipinski definition) is 3. The summed E-state index contributed by atoms with van der Waals surface area (Å²) in [7, 11) is 6.11. The number of hydrogen-bond donors (Lipinski definition) is 1. The van der Waals surface area contributed by atoms with Crippen LogP contribution in [-0.4, -0.2) is 73.6 Å². The van der Waals surface area contributed by atoms with Crippen LogP contribution in [0.1, 0.15) is 20.8 Å². The molecule has 0 radical (unpaired) electrons. The van der Waals surface area contributed by atoms with E-state index in [9.17, 15) is 0 Å². The Morgan fingerprint density at radius 3 is 2.63 bits per heavy atom. The molecule has 1 saturated heterocycles. The Balaban J connectivity index is 2.50. The fourth-order valence-corrected chi connectivity index (χ4v) is 3.32. The average Bonchev–Trinajstić information content (AvgIpc) is 2.39. The Morgan fingerprint density at radius 2 is 2.11 bits per heavy atom. The minimum atomic E-state index is 0.511. The van der Waals surface area contributed by atoms with E-state index < -0.39 is 0 Å². The zero-order chi connectivity index (χ0) is 14.4. The Kier molecular flexibility index (Phi) is 7.00. The van der Waals surface area contributed by atoms with Crippen LogP contribution in [0.2, 0.25) is 0 Å². The van der Waals surface area contributed by atoms with Gasteiger partial charge in [0, 0.05) is 43.7 Å². The lowest BCUT2D eigenvalue weighted by Gasteiger charge is -2.36. The van der Waals surface area contributed by atoms with Gasteiger partial charge in [0.2, 0.25) is 0 Å². The Bertz CT molecular complexity index is 291. The first-order valence-corrected chi connectivity index (χ1v) is 8.24. The standard InChI is InChI=1S/C14H30N4S/c1-11(2)13-10-18(7-8-19-13)14(15-4)16-9-12(3)17(5)6/h11-13H,7-10H2,1-6H3,(H,15,16). The molecule has 0 aromatic carbocycles. The number of likely N-dealkylation sites (N-methyl/N-ethyl adjacent to an activating group) is 1. The molecule has 2 atom stereocenters. The molecule has 0 saturated carbocycles. The van der Waals surface area contributed by atoms with Crippen LogP contribution in [-0.2, 0) is 0 Å². The second-order valence-corrected chi connectivity index (χ2v) is 7.19. The van der Waals surface area contributed by atoms with Gasteiger partial charge in [-0.3, -0.25) is 4.99 Å². The minimum Gasteiger partial charge on any atom is -0.355 e. The highest BCUT2D eigenvalue weighted by Crippen LogP contribution is 2.24. The first-order valence-electron chi connectivity index (χ1n) is 7.19. The van der Waals surface area contributed by atoms with Crippen LogP contribution in [0.4, 0.5) is 0 Å². The molecule has 0 aromatic rings. The zero-order valence-corrected chi connectivity index (χ0v) is 14.1. The van der Waals surface area contributed by atoms with Crippen LogP contribution in [0.5, 0.6) is 0 Å². The van der Waals surface area contributed by atoms with Crippen molar-refractivity contribution in [1.82, 2.24) is 15.1 Å². The molecule has 19 heavy (non-hydrogen) atoms. The average molecular weight is 286 g/mol. The summed E-state index contributed by atoms with van der Waals surface area (Å²) in [5.74, 6) is 2.98. The smallest absolute Gasteiger partial charge is 0.193 e. The van der Waals surface area contributed by atoms with Gasteiger partial charge >= 0.3 is 0 Å². The summed E-state index contributed by atoms with van der Waals surface area (Å²) in [5.41, 5.74) is 0. The van der Waals surface area contributed by atoms with Crippen molar-refractivity contribution in [2.75, 3.05) is 46.5 Å². The second-order valence-electron chi connectivity index (χ2n) is 5.84. The number of aliphatic imine (C=N–C) groups is 1. The van der Waals surface area contributed by atoms with Gasteiger partial charge in [-0.1, -0.05) is 13.8 Å². The minimum absolute atomic E-state index is 0.511. The predicted octanol–water partition coefficient (Wildman–Crippen LogP) is 1.59. The van der Waals surface area contributed by atoms with Gasteiger partial charge in [-0.2, -0.15) is 11.8 Å². The van der Waals surface area contributed by atoms with E-state index in [1.54, 1.807) is 0 Å². The molecular formula is C14H30N4S. The molecule has 4 nitrogen and oxygen atoms in total.